The minimum atomic E-state index is 0.807. The number of rotatable bonds is 4. The van der Waals surface area contributed by atoms with Crippen LogP contribution in [0, 0.1) is 17.8 Å². The molecule has 0 amide bonds. The first-order chi connectivity index (χ1) is 8.70. The van der Waals surface area contributed by atoms with Crippen molar-refractivity contribution in [2.24, 2.45) is 17.8 Å². The van der Waals surface area contributed by atoms with Gasteiger partial charge in [0.2, 0.25) is 0 Å². The summed E-state index contributed by atoms with van der Waals surface area (Å²) in [5.74, 6) is 2.84. The van der Waals surface area contributed by atoms with Crippen molar-refractivity contribution < 1.29 is 0 Å². The molecule has 2 fully saturated rings. The van der Waals surface area contributed by atoms with Crippen molar-refractivity contribution in [1.82, 2.24) is 5.32 Å². The quantitative estimate of drug-likeness (QED) is 0.759. The Hall–Kier alpha value is -0.0400. The summed E-state index contributed by atoms with van der Waals surface area (Å²) in [6.07, 6.45) is 13.0. The molecule has 0 aliphatic heterocycles. The molecule has 0 saturated heterocycles. The molecule has 0 radical (unpaired) electrons. The first-order valence-electron chi connectivity index (χ1n) is 8.46. The maximum atomic E-state index is 4.00. The maximum Gasteiger partial charge on any atom is 0.00978 e. The Bertz CT molecular complexity index is 230. The van der Waals surface area contributed by atoms with Crippen molar-refractivity contribution in [3.05, 3.63) is 0 Å². The Kier molecular flexibility index (Phi) is 5.54. The summed E-state index contributed by atoms with van der Waals surface area (Å²) in [6.45, 7) is 7.23. The Morgan fingerprint density at radius 3 is 2.33 bits per heavy atom. The van der Waals surface area contributed by atoms with Gasteiger partial charge in [-0.15, -0.1) is 0 Å². The first-order valence-corrected chi connectivity index (χ1v) is 8.46. The minimum absolute atomic E-state index is 0.807. The van der Waals surface area contributed by atoms with Crippen LogP contribution in [0.25, 0.3) is 0 Å². The van der Waals surface area contributed by atoms with E-state index in [4.69, 9.17) is 0 Å². The highest BCUT2D eigenvalue weighted by Crippen LogP contribution is 2.32. The third-order valence-corrected chi connectivity index (χ3v) is 5.70. The highest BCUT2D eigenvalue weighted by atomic mass is 15.0. The second-order valence-corrected chi connectivity index (χ2v) is 7.05. The molecular weight excluding hydrogens is 218 g/mol. The van der Waals surface area contributed by atoms with E-state index < -0.39 is 0 Å². The third-order valence-electron chi connectivity index (χ3n) is 5.70. The predicted molar refractivity (Wildman–Crippen MR) is 79.8 cm³/mol. The van der Waals surface area contributed by atoms with Gasteiger partial charge < -0.3 is 5.32 Å². The standard InChI is InChI=1S/C17H33N/c1-4-6-15-9-11-16(12-10-15)18-17-8-5-7-13(2)14(17)3/h13-18H,4-12H2,1-3H3. The molecule has 18 heavy (non-hydrogen) atoms. The first kappa shape index (κ1) is 14.4. The molecule has 0 bridgehead atoms. The van der Waals surface area contributed by atoms with Gasteiger partial charge in [-0.3, -0.25) is 0 Å². The van der Waals surface area contributed by atoms with Gasteiger partial charge in [0, 0.05) is 12.1 Å². The highest BCUT2D eigenvalue weighted by Gasteiger charge is 2.29. The lowest BCUT2D eigenvalue weighted by Gasteiger charge is -2.39. The molecule has 106 valence electrons. The molecule has 0 heterocycles. The van der Waals surface area contributed by atoms with E-state index in [0.717, 1.165) is 29.8 Å². The van der Waals surface area contributed by atoms with Gasteiger partial charge in [-0.25, -0.2) is 0 Å². The molecule has 2 saturated carbocycles. The zero-order valence-electron chi connectivity index (χ0n) is 12.8. The van der Waals surface area contributed by atoms with E-state index in [1.54, 1.807) is 0 Å². The van der Waals surface area contributed by atoms with Gasteiger partial charge in [-0.2, -0.15) is 0 Å². The molecule has 0 aromatic rings. The average molecular weight is 251 g/mol. The van der Waals surface area contributed by atoms with Crippen LogP contribution >= 0.6 is 0 Å². The Labute approximate surface area is 114 Å². The van der Waals surface area contributed by atoms with Crippen molar-refractivity contribution in [3.8, 4) is 0 Å². The zero-order valence-corrected chi connectivity index (χ0v) is 12.8. The lowest BCUT2D eigenvalue weighted by Crippen LogP contribution is -2.46. The fourth-order valence-corrected chi connectivity index (χ4v) is 4.15. The zero-order chi connectivity index (χ0) is 13.0. The maximum absolute atomic E-state index is 4.00. The molecule has 1 nitrogen and oxygen atoms in total. The Balaban J connectivity index is 1.74. The summed E-state index contributed by atoms with van der Waals surface area (Å²) in [5, 5.41) is 4.00. The van der Waals surface area contributed by atoms with Gasteiger partial charge in [0.25, 0.3) is 0 Å². The van der Waals surface area contributed by atoms with E-state index in [1.807, 2.05) is 0 Å². The molecule has 3 atom stereocenters. The van der Waals surface area contributed by atoms with E-state index in [9.17, 15) is 0 Å². The average Bonchev–Trinajstić information content (AvgIpc) is 2.38. The van der Waals surface area contributed by atoms with Gasteiger partial charge >= 0.3 is 0 Å². The monoisotopic (exact) mass is 251 g/mol. The van der Waals surface area contributed by atoms with Crippen LogP contribution in [0.4, 0.5) is 0 Å². The van der Waals surface area contributed by atoms with Gasteiger partial charge in [-0.1, -0.05) is 46.5 Å². The number of hydrogen-bond donors (Lipinski definition) is 1. The van der Waals surface area contributed by atoms with Crippen LogP contribution in [-0.2, 0) is 0 Å². The summed E-state index contributed by atoms with van der Waals surface area (Å²) in [6, 6.07) is 1.64. The molecule has 1 heteroatoms. The van der Waals surface area contributed by atoms with Crippen LogP contribution in [0.15, 0.2) is 0 Å². The van der Waals surface area contributed by atoms with Crippen LogP contribution in [-0.4, -0.2) is 12.1 Å². The topological polar surface area (TPSA) is 12.0 Å². The minimum Gasteiger partial charge on any atom is -0.311 e. The van der Waals surface area contributed by atoms with Crippen molar-refractivity contribution in [1.29, 1.82) is 0 Å². The Morgan fingerprint density at radius 1 is 0.944 bits per heavy atom. The van der Waals surface area contributed by atoms with Crippen molar-refractivity contribution >= 4 is 0 Å². The fourth-order valence-electron chi connectivity index (χ4n) is 4.15. The summed E-state index contributed by atoms with van der Waals surface area (Å²) in [5.41, 5.74) is 0. The molecule has 0 aromatic heterocycles. The van der Waals surface area contributed by atoms with Crippen LogP contribution < -0.4 is 5.32 Å². The SMILES string of the molecule is CCCC1CCC(NC2CCCC(C)C2C)CC1. The second kappa shape index (κ2) is 6.93. The van der Waals surface area contributed by atoms with Gasteiger partial charge in [0.05, 0.1) is 0 Å². The van der Waals surface area contributed by atoms with Crippen molar-refractivity contribution in [2.75, 3.05) is 0 Å². The number of nitrogens with one attached hydrogen (secondary N) is 1. The van der Waals surface area contributed by atoms with Crippen molar-refractivity contribution in [2.45, 2.75) is 90.6 Å². The molecule has 0 aromatic carbocycles. The molecule has 2 aliphatic rings. The predicted octanol–water partition coefficient (Wildman–Crippen LogP) is 4.76. The molecule has 1 N–H and O–H groups in total. The smallest absolute Gasteiger partial charge is 0.00978 e. The van der Waals surface area contributed by atoms with E-state index in [0.29, 0.717) is 0 Å². The largest absolute Gasteiger partial charge is 0.311 e. The van der Waals surface area contributed by atoms with Gasteiger partial charge in [0.1, 0.15) is 0 Å². The van der Waals surface area contributed by atoms with Crippen LogP contribution in [0.5, 0.6) is 0 Å². The molecule has 2 aliphatic carbocycles. The molecular formula is C17H33N. The Morgan fingerprint density at radius 2 is 1.67 bits per heavy atom. The van der Waals surface area contributed by atoms with E-state index in [-0.39, 0.29) is 0 Å². The van der Waals surface area contributed by atoms with E-state index >= 15 is 0 Å². The summed E-state index contributed by atoms with van der Waals surface area (Å²) in [7, 11) is 0. The molecule has 0 spiro atoms. The lowest BCUT2D eigenvalue weighted by atomic mass is 9.76. The molecule has 3 unspecified atom stereocenters. The number of hydrogen-bond acceptors (Lipinski definition) is 1. The normalized spacial score (nSPS) is 41.8. The van der Waals surface area contributed by atoms with E-state index in [2.05, 4.69) is 26.1 Å². The van der Waals surface area contributed by atoms with Crippen molar-refractivity contribution in [3.63, 3.8) is 0 Å². The lowest BCUT2D eigenvalue weighted by molar-refractivity contribution is 0.171. The highest BCUT2D eigenvalue weighted by molar-refractivity contribution is 4.86. The van der Waals surface area contributed by atoms with E-state index in [1.165, 1.54) is 57.8 Å². The summed E-state index contributed by atoms with van der Waals surface area (Å²) >= 11 is 0. The molecule has 2 rings (SSSR count). The summed E-state index contributed by atoms with van der Waals surface area (Å²) < 4.78 is 0. The fraction of sp³-hybridized carbons (Fsp3) is 1.00. The van der Waals surface area contributed by atoms with Crippen LogP contribution in [0.2, 0.25) is 0 Å². The van der Waals surface area contributed by atoms with Gasteiger partial charge in [0.15, 0.2) is 0 Å². The third kappa shape index (κ3) is 3.73. The van der Waals surface area contributed by atoms with Gasteiger partial charge in [-0.05, 0) is 49.9 Å². The second-order valence-electron chi connectivity index (χ2n) is 7.05. The van der Waals surface area contributed by atoms with Crippen LogP contribution in [0.3, 0.4) is 0 Å². The summed E-state index contributed by atoms with van der Waals surface area (Å²) in [4.78, 5) is 0. The van der Waals surface area contributed by atoms with Crippen LogP contribution in [0.1, 0.15) is 78.6 Å².